The molecule has 0 saturated carbocycles. The van der Waals surface area contributed by atoms with Gasteiger partial charge in [-0.15, -0.1) is 10.2 Å². The molecule has 0 bridgehead atoms. The quantitative estimate of drug-likeness (QED) is 0.170. The summed E-state index contributed by atoms with van der Waals surface area (Å²) in [5, 5.41) is 13.4. The molecule has 12 heteroatoms. The molecule has 0 aliphatic rings. The fourth-order valence-electron chi connectivity index (χ4n) is 4.22. The van der Waals surface area contributed by atoms with Crippen LogP contribution in [0.4, 0.5) is 4.79 Å². The number of pyridine rings is 1. The molecule has 42 heavy (non-hydrogen) atoms. The monoisotopic (exact) mass is 629 g/mol. The number of thioether (sulfide) groups is 1. The molecule has 222 valence electrons. The largest absolute Gasteiger partial charge is 0.444 e. The van der Waals surface area contributed by atoms with Crippen molar-refractivity contribution in [3.8, 4) is 11.5 Å². The first kappa shape index (κ1) is 31.6. The third-order valence-corrected chi connectivity index (χ3v) is 7.38. The second-order valence-corrected chi connectivity index (χ2v) is 12.5. The topological polar surface area (TPSA) is 110 Å². The van der Waals surface area contributed by atoms with Crippen molar-refractivity contribution in [1.29, 1.82) is 0 Å². The van der Waals surface area contributed by atoms with Gasteiger partial charge in [0.2, 0.25) is 11.8 Å². The van der Waals surface area contributed by atoms with E-state index in [1.165, 1.54) is 6.20 Å². The molecule has 0 aliphatic carbocycles. The average molecular weight is 631 g/mol. The number of nitrogens with zero attached hydrogens (tertiary/aromatic N) is 4. The zero-order valence-electron chi connectivity index (χ0n) is 23.9. The highest BCUT2D eigenvalue weighted by Gasteiger charge is 2.33. The van der Waals surface area contributed by atoms with E-state index in [0.29, 0.717) is 39.0 Å². The van der Waals surface area contributed by atoms with Crippen LogP contribution in [0.25, 0.3) is 22.4 Å². The zero-order chi connectivity index (χ0) is 30.3. The molecule has 0 aliphatic heterocycles. The number of hydrogen-bond acceptors (Lipinski definition) is 8. The average Bonchev–Trinajstić information content (AvgIpc) is 3.43. The molecule has 0 radical (unpaired) electrons. The van der Waals surface area contributed by atoms with Gasteiger partial charge in [0.15, 0.2) is 0 Å². The van der Waals surface area contributed by atoms with Crippen LogP contribution >= 0.6 is 35.0 Å². The molecule has 0 spiro atoms. The molecule has 0 fully saturated rings. The lowest BCUT2D eigenvalue weighted by Gasteiger charge is -2.32. The van der Waals surface area contributed by atoms with Crippen molar-refractivity contribution in [2.24, 2.45) is 0 Å². The Labute approximate surface area is 259 Å². The van der Waals surface area contributed by atoms with Crippen LogP contribution in [0.5, 0.6) is 0 Å². The van der Waals surface area contributed by atoms with Crippen molar-refractivity contribution in [3.05, 3.63) is 76.2 Å². The van der Waals surface area contributed by atoms with E-state index in [2.05, 4.69) is 20.5 Å². The number of hydrogen-bond donors (Lipinski definition) is 1. The van der Waals surface area contributed by atoms with Gasteiger partial charge < -0.3 is 14.5 Å². The lowest BCUT2D eigenvalue weighted by molar-refractivity contribution is 0.0121. The highest BCUT2D eigenvalue weighted by atomic mass is 35.5. The van der Waals surface area contributed by atoms with Crippen molar-refractivity contribution in [3.63, 3.8) is 0 Å². The number of amides is 2. The van der Waals surface area contributed by atoms with Gasteiger partial charge in [-0.2, -0.15) is 11.8 Å². The predicted molar refractivity (Wildman–Crippen MR) is 167 cm³/mol. The summed E-state index contributed by atoms with van der Waals surface area (Å²) in [5.74, 6) is 1.17. The summed E-state index contributed by atoms with van der Waals surface area (Å²) in [7, 11) is 0. The first-order valence-electron chi connectivity index (χ1n) is 13.5. The molecule has 0 unspecified atom stereocenters. The molecular weight excluding hydrogens is 597 g/mol. The van der Waals surface area contributed by atoms with Gasteiger partial charge >= 0.3 is 6.09 Å². The van der Waals surface area contributed by atoms with Crippen LogP contribution < -0.4 is 5.32 Å². The van der Waals surface area contributed by atoms with E-state index in [9.17, 15) is 9.59 Å². The lowest BCUT2D eigenvalue weighted by atomic mass is 10.1. The Morgan fingerprint density at radius 3 is 2.52 bits per heavy atom. The van der Waals surface area contributed by atoms with Gasteiger partial charge in [-0.3, -0.25) is 14.7 Å². The smallest absolute Gasteiger partial charge is 0.411 e. The number of halogens is 2. The Hall–Kier alpha value is -3.34. The van der Waals surface area contributed by atoms with E-state index in [4.69, 9.17) is 32.4 Å². The van der Waals surface area contributed by atoms with E-state index in [0.717, 1.165) is 17.6 Å². The zero-order valence-corrected chi connectivity index (χ0v) is 26.2. The Balaban J connectivity index is 1.55. The van der Waals surface area contributed by atoms with Crippen LogP contribution in [0.1, 0.15) is 55.9 Å². The number of carbonyl (C=O) groups is 2. The molecule has 4 rings (SSSR count). The van der Waals surface area contributed by atoms with Crippen LogP contribution in [0.3, 0.4) is 0 Å². The SMILES string of the molecule is CSCCC[C@H](c1nnc(-c2ccc(Cl)cc2)o1)N(CCNC(=O)c1cnc2cc(Cl)ccc2c1)C(=O)OC(C)(C)C. The predicted octanol–water partition coefficient (Wildman–Crippen LogP) is 7.44. The van der Waals surface area contributed by atoms with Crippen molar-refractivity contribution in [1.82, 2.24) is 25.4 Å². The number of aromatic nitrogens is 3. The van der Waals surface area contributed by atoms with E-state index in [1.54, 1.807) is 79.9 Å². The van der Waals surface area contributed by atoms with Gasteiger partial charge in [-0.25, -0.2) is 4.79 Å². The minimum absolute atomic E-state index is 0.153. The van der Waals surface area contributed by atoms with Gasteiger partial charge in [-0.05, 0) is 88.1 Å². The second kappa shape index (κ2) is 14.2. The Kier molecular flexibility index (Phi) is 10.7. The molecule has 1 atom stereocenters. The van der Waals surface area contributed by atoms with Crippen LogP contribution in [0, 0.1) is 0 Å². The van der Waals surface area contributed by atoms with Gasteiger partial charge in [-0.1, -0.05) is 29.3 Å². The molecule has 2 aromatic heterocycles. The summed E-state index contributed by atoms with van der Waals surface area (Å²) in [6.07, 6.45) is 4.34. The molecule has 2 heterocycles. The fourth-order valence-corrected chi connectivity index (χ4v) is 4.97. The van der Waals surface area contributed by atoms with Gasteiger partial charge in [0.25, 0.3) is 5.91 Å². The maximum Gasteiger partial charge on any atom is 0.411 e. The van der Waals surface area contributed by atoms with Crippen molar-refractivity contribution >= 4 is 57.9 Å². The number of ether oxygens (including phenoxy) is 1. The fraction of sp³-hybridized carbons (Fsp3) is 0.367. The number of carbonyl (C=O) groups excluding carboxylic acids is 2. The van der Waals surface area contributed by atoms with Gasteiger partial charge in [0.1, 0.15) is 11.6 Å². The highest BCUT2D eigenvalue weighted by Crippen LogP contribution is 2.30. The summed E-state index contributed by atoms with van der Waals surface area (Å²) in [6, 6.07) is 13.6. The van der Waals surface area contributed by atoms with E-state index in [-0.39, 0.29) is 24.9 Å². The number of benzene rings is 2. The third-order valence-electron chi connectivity index (χ3n) is 6.19. The van der Waals surface area contributed by atoms with Crippen molar-refractivity contribution in [2.45, 2.75) is 45.3 Å². The first-order valence-corrected chi connectivity index (χ1v) is 15.6. The third kappa shape index (κ3) is 8.59. The minimum atomic E-state index is -0.731. The Morgan fingerprint density at radius 2 is 1.81 bits per heavy atom. The normalized spacial score (nSPS) is 12.2. The lowest BCUT2D eigenvalue weighted by Crippen LogP contribution is -2.43. The van der Waals surface area contributed by atoms with Crippen LogP contribution in [-0.4, -0.2) is 62.8 Å². The van der Waals surface area contributed by atoms with Crippen molar-refractivity contribution in [2.75, 3.05) is 25.1 Å². The molecule has 9 nitrogen and oxygen atoms in total. The highest BCUT2D eigenvalue weighted by molar-refractivity contribution is 7.98. The number of rotatable bonds is 11. The van der Waals surface area contributed by atoms with Gasteiger partial charge in [0.05, 0.1) is 11.1 Å². The maximum atomic E-state index is 13.5. The standard InChI is InChI=1S/C30H33Cl2N5O4S/c1-30(2,3)41-29(39)37(14-13-33-26(38)21-16-20-9-12-23(32)17-24(20)34-18-21)25(6-5-15-42-4)28-36-35-27(40-28)19-7-10-22(31)11-8-19/h7-12,16-18,25H,5-6,13-15H2,1-4H3,(H,33,38)/t25-/m1/s1. The van der Waals surface area contributed by atoms with Crippen LogP contribution in [0.15, 0.2) is 59.1 Å². The number of fused-ring (bicyclic) bond motifs is 1. The Bertz CT molecular complexity index is 1520. The summed E-state index contributed by atoms with van der Waals surface area (Å²) in [4.78, 5) is 32.4. The second-order valence-electron chi connectivity index (χ2n) is 10.6. The Morgan fingerprint density at radius 1 is 1.07 bits per heavy atom. The van der Waals surface area contributed by atoms with Crippen molar-refractivity contribution < 1.29 is 18.7 Å². The van der Waals surface area contributed by atoms with Gasteiger partial charge in [0, 0.05) is 40.3 Å². The number of nitrogens with one attached hydrogen (secondary N) is 1. The first-order chi connectivity index (χ1) is 20.0. The van der Waals surface area contributed by atoms with Crippen LogP contribution in [-0.2, 0) is 4.74 Å². The van der Waals surface area contributed by atoms with E-state index < -0.39 is 17.7 Å². The molecule has 1 N–H and O–H groups in total. The minimum Gasteiger partial charge on any atom is -0.444 e. The van der Waals surface area contributed by atoms with E-state index >= 15 is 0 Å². The maximum absolute atomic E-state index is 13.5. The van der Waals surface area contributed by atoms with E-state index in [1.807, 2.05) is 12.3 Å². The summed E-state index contributed by atoms with van der Waals surface area (Å²) < 4.78 is 11.8. The summed E-state index contributed by atoms with van der Waals surface area (Å²) in [6.45, 7) is 5.73. The summed E-state index contributed by atoms with van der Waals surface area (Å²) in [5.41, 5.74) is 1.07. The molecule has 4 aromatic rings. The molecule has 2 amide bonds. The molecular formula is C30H33Cl2N5O4S. The molecule has 2 aromatic carbocycles. The summed E-state index contributed by atoms with van der Waals surface area (Å²) >= 11 is 13.8. The molecule has 0 saturated heterocycles. The van der Waals surface area contributed by atoms with Crippen LogP contribution in [0.2, 0.25) is 10.0 Å².